The molecule has 4 fully saturated rings. The SMILES string of the molecule is NC(=O)C1CCN(c2cc(CN3CCN(C(=O)CCOCCOCCOCCOCCNc4cccc5c4C(=O)N(C4CCC(=O)NC4=O)C5=O)CC3)ccc2N2C=COC2N2CCOCC2)CC1. The first-order chi connectivity index (χ1) is 33.7. The van der Waals surface area contributed by atoms with Gasteiger partial charge in [0, 0.05) is 89.7 Å². The molecule has 6 amide bonds. The standard InChI is InChI=1S/C48H65N9O12/c49-44(60)35-8-12-53(13-9-35)40-32-34(4-5-38(40)56-20-25-69-48(56)55-18-23-66-24-19-55)33-52-14-16-54(17-15-52)42(59)10-21-64-26-28-67-30-31-68-29-27-65-22-11-50-37-3-1-2-36-43(37)47(63)57(46(36)62)39-6-7-41(58)51-45(39)61/h1-5,20,25,32,35,39,48,50H,6-19,21-24,26-31,33H2,(H2,49,60)(H,51,58,61). The van der Waals surface area contributed by atoms with Crippen molar-refractivity contribution in [2.24, 2.45) is 11.7 Å². The number of carbonyl (C=O) groups is 6. The Morgan fingerprint density at radius 1 is 0.768 bits per heavy atom. The van der Waals surface area contributed by atoms with Gasteiger partial charge in [-0.15, -0.1) is 0 Å². The van der Waals surface area contributed by atoms with Crippen LogP contribution >= 0.6 is 0 Å². The maximum atomic E-state index is 13.2. The van der Waals surface area contributed by atoms with Crippen LogP contribution < -0.4 is 26.2 Å². The lowest BCUT2D eigenvalue weighted by Crippen LogP contribution is -2.54. The molecule has 0 saturated carbocycles. The first-order valence-electron chi connectivity index (χ1n) is 24.2. The van der Waals surface area contributed by atoms with Gasteiger partial charge in [0.05, 0.1) is 95.0 Å². The molecule has 0 bridgehead atoms. The number of morpholine rings is 1. The molecule has 0 radical (unpaired) electrons. The Morgan fingerprint density at radius 2 is 1.46 bits per heavy atom. The van der Waals surface area contributed by atoms with Gasteiger partial charge in [-0.1, -0.05) is 12.1 Å². The predicted molar refractivity (Wildman–Crippen MR) is 251 cm³/mol. The number of piperidine rings is 2. The summed E-state index contributed by atoms with van der Waals surface area (Å²) >= 11 is 0. The van der Waals surface area contributed by atoms with Gasteiger partial charge in [0.1, 0.15) is 12.3 Å². The molecule has 0 spiro atoms. The summed E-state index contributed by atoms with van der Waals surface area (Å²) in [6, 6.07) is 10.5. The van der Waals surface area contributed by atoms with E-state index in [1.807, 2.05) is 11.1 Å². The molecule has 4 saturated heterocycles. The predicted octanol–water partition coefficient (Wildman–Crippen LogP) is 0.926. The third kappa shape index (κ3) is 12.6. The molecule has 6 aliphatic heterocycles. The molecule has 2 aromatic rings. The van der Waals surface area contributed by atoms with E-state index >= 15 is 0 Å². The number of amides is 6. The number of anilines is 3. The molecule has 21 nitrogen and oxygen atoms in total. The summed E-state index contributed by atoms with van der Waals surface area (Å²) in [6.07, 6.45) is 5.40. The van der Waals surface area contributed by atoms with Crippen molar-refractivity contribution in [1.82, 2.24) is 24.9 Å². The van der Waals surface area contributed by atoms with E-state index in [1.165, 1.54) is 5.56 Å². The highest BCUT2D eigenvalue weighted by Crippen LogP contribution is 2.38. The molecule has 8 rings (SSSR count). The summed E-state index contributed by atoms with van der Waals surface area (Å²) in [5.74, 6) is -2.45. The lowest BCUT2D eigenvalue weighted by molar-refractivity contribution is -0.136. The number of imide groups is 2. The number of benzene rings is 2. The van der Waals surface area contributed by atoms with E-state index in [0.717, 1.165) is 74.9 Å². The van der Waals surface area contributed by atoms with Crippen molar-refractivity contribution in [3.63, 3.8) is 0 Å². The highest BCUT2D eigenvalue weighted by molar-refractivity contribution is 6.25. The third-order valence-electron chi connectivity index (χ3n) is 13.3. The first-order valence-corrected chi connectivity index (χ1v) is 24.2. The molecule has 2 atom stereocenters. The largest absolute Gasteiger partial charge is 0.463 e. The number of hydrogen-bond acceptors (Lipinski definition) is 17. The van der Waals surface area contributed by atoms with Gasteiger partial charge in [-0.05, 0) is 49.1 Å². The minimum atomic E-state index is -1.02. The van der Waals surface area contributed by atoms with Gasteiger partial charge in [0.15, 0.2) is 0 Å². The second kappa shape index (κ2) is 24.2. The summed E-state index contributed by atoms with van der Waals surface area (Å²) in [6.45, 7) is 11.3. The molecule has 6 aliphatic rings. The molecule has 2 unspecified atom stereocenters. The van der Waals surface area contributed by atoms with Crippen molar-refractivity contribution in [2.45, 2.75) is 51.0 Å². The molecule has 2 aromatic carbocycles. The van der Waals surface area contributed by atoms with Crippen molar-refractivity contribution in [3.8, 4) is 0 Å². The highest BCUT2D eigenvalue weighted by Gasteiger charge is 2.45. The van der Waals surface area contributed by atoms with Crippen LogP contribution in [-0.2, 0) is 54.1 Å². The maximum Gasteiger partial charge on any atom is 0.264 e. The smallest absolute Gasteiger partial charge is 0.264 e. The molecular formula is C48H65N9O12. The van der Waals surface area contributed by atoms with Crippen LogP contribution in [0.3, 0.4) is 0 Å². The number of carbonyl (C=O) groups excluding carboxylic acids is 6. The van der Waals surface area contributed by atoms with Gasteiger partial charge in [-0.25, -0.2) is 4.90 Å². The van der Waals surface area contributed by atoms with Crippen LogP contribution in [0.5, 0.6) is 0 Å². The monoisotopic (exact) mass is 959 g/mol. The Bertz CT molecular complexity index is 2170. The fraction of sp³-hybridized carbons (Fsp3) is 0.583. The van der Waals surface area contributed by atoms with Crippen LogP contribution in [0.1, 0.15) is 58.4 Å². The van der Waals surface area contributed by atoms with Gasteiger partial charge in [0.2, 0.25) is 30.0 Å². The molecule has 0 aromatic heterocycles. The van der Waals surface area contributed by atoms with E-state index in [-0.39, 0.29) is 48.1 Å². The van der Waals surface area contributed by atoms with Crippen LogP contribution in [0.2, 0.25) is 0 Å². The Morgan fingerprint density at radius 3 is 2.16 bits per heavy atom. The molecule has 4 N–H and O–H groups in total. The van der Waals surface area contributed by atoms with Crippen LogP contribution in [0.25, 0.3) is 0 Å². The lowest BCUT2D eigenvalue weighted by atomic mass is 9.95. The van der Waals surface area contributed by atoms with Crippen molar-refractivity contribution in [2.75, 3.05) is 140 Å². The normalized spacial score (nSPS) is 21.5. The zero-order valence-electron chi connectivity index (χ0n) is 39.2. The van der Waals surface area contributed by atoms with E-state index in [1.54, 1.807) is 24.5 Å². The van der Waals surface area contributed by atoms with Gasteiger partial charge in [-0.2, -0.15) is 0 Å². The van der Waals surface area contributed by atoms with Crippen LogP contribution in [0.15, 0.2) is 48.9 Å². The quantitative estimate of drug-likeness (QED) is 0.104. The third-order valence-corrected chi connectivity index (χ3v) is 13.3. The molecule has 0 aliphatic carbocycles. The van der Waals surface area contributed by atoms with Crippen molar-refractivity contribution in [1.29, 1.82) is 0 Å². The van der Waals surface area contributed by atoms with Gasteiger partial charge >= 0.3 is 0 Å². The lowest BCUT2D eigenvalue weighted by Gasteiger charge is -2.39. The number of ether oxygens (including phenoxy) is 6. The zero-order chi connectivity index (χ0) is 48.1. The topological polar surface area (TPSA) is 227 Å². The Labute approximate surface area is 402 Å². The highest BCUT2D eigenvalue weighted by atomic mass is 16.6. The second-order valence-electron chi connectivity index (χ2n) is 17.7. The average molecular weight is 960 g/mol. The zero-order valence-corrected chi connectivity index (χ0v) is 39.2. The number of nitrogens with two attached hydrogens (primary N) is 1. The van der Waals surface area contributed by atoms with Crippen molar-refractivity contribution < 1.29 is 57.2 Å². The van der Waals surface area contributed by atoms with Crippen LogP contribution in [0, 0.1) is 5.92 Å². The molecule has 21 heteroatoms. The van der Waals surface area contributed by atoms with Gasteiger partial charge in [-0.3, -0.25) is 48.8 Å². The molecule has 374 valence electrons. The summed E-state index contributed by atoms with van der Waals surface area (Å²) in [4.78, 5) is 87.3. The summed E-state index contributed by atoms with van der Waals surface area (Å²) < 4.78 is 34.2. The summed E-state index contributed by atoms with van der Waals surface area (Å²) in [5, 5.41) is 5.35. The van der Waals surface area contributed by atoms with E-state index in [4.69, 9.17) is 34.2 Å². The Hall–Kier alpha value is -5.68. The summed E-state index contributed by atoms with van der Waals surface area (Å²) in [5.41, 5.74) is 9.91. The Kier molecular flexibility index (Phi) is 17.5. The maximum absolute atomic E-state index is 13.2. The first kappa shape index (κ1) is 49.7. The minimum Gasteiger partial charge on any atom is -0.463 e. The van der Waals surface area contributed by atoms with E-state index in [9.17, 15) is 28.8 Å². The van der Waals surface area contributed by atoms with E-state index in [0.29, 0.717) is 97.8 Å². The number of fused-ring (bicyclic) bond motifs is 1. The minimum absolute atomic E-state index is 0.0568. The fourth-order valence-corrected chi connectivity index (χ4v) is 9.53. The Balaban J connectivity index is 0.663. The number of nitrogens with one attached hydrogen (secondary N) is 2. The van der Waals surface area contributed by atoms with E-state index in [2.05, 4.69) is 48.4 Å². The number of rotatable bonds is 23. The summed E-state index contributed by atoms with van der Waals surface area (Å²) in [7, 11) is 0. The van der Waals surface area contributed by atoms with Crippen molar-refractivity contribution >= 4 is 52.5 Å². The van der Waals surface area contributed by atoms with Crippen LogP contribution in [0.4, 0.5) is 17.1 Å². The van der Waals surface area contributed by atoms with Crippen molar-refractivity contribution in [3.05, 3.63) is 65.6 Å². The van der Waals surface area contributed by atoms with E-state index < -0.39 is 29.7 Å². The number of hydrogen-bond donors (Lipinski definition) is 3. The van der Waals surface area contributed by atoms with Crippen LogP contribution in [-0.4, -0.2) is 192 Å². The fourth-order valence-electron chi connectivity index (χ4n) is 9.53. The number of primary amides is 1. The number of piperazine rings is 1. The van der Waals surface area contributed by atoms with Gasteiger partial charge in [0.25, 0.3) is 11.8 Å². The second-order valence-corrected chi connectivity index (χ2v) is 17.7. The molecular weight excluding hydrogens is 895 g/mol. The average Bonchev–Trinajstić information content (AvgIpc) is 3.95. The number of nitrogens with zero attached hydrogens (tertiary/aromatic N) is 6. The molecule has 69 heavy (non-hydrogen) atoms. The molecule has 6 heterocycles. The van der Waals surface area contributed by atoms with Gasteiger partial charge < -0.3 is 49.3 Å².